The van der Waals surface area contributed by atoms with E-state index in [1.54, 1.807) is 0 Å². The maximum atomic E-state index is 12.3. The monoisotopic (exact) mass is 453 g/mol. The molecule has 3 heterocycles. The normalized spacial score (nSPS) is 20.6. The van der Waals surface area contributed by atoms with Gasteiger partial charge in [-0.25, -0.2) is 20.3 Å². The molecule has 0 spiro atoms. The summed E-state index contributed by atoms with van der Waals surface area (Å²) in [5, 5.41) is 9.86. The molecule has 2 aromatic rings. The van der Waals surface area contributed by atoms with E-state index in [1.807, 2.05) is 36.4 Å². The lowest BCUT2D eigenvalue weighted by atomic mass is 10.1. The van der Waals surface area contributed by atoms with Gasteiger partial charge in [-0.3, -0.25) is 9.69 Å². The van der Waals surface area contributed by atoms with Crippen LogP contribution in [-0.4, -0.2) is 77.6 Å². The minimum Gasteiger partial charge on any atom is -0.394 e. The summed E-state index contributed by atoms with van der Waals surface area (Å²) in [7, 11) is 0. The Morgan fingerprint density at radius 1 is 1.18 bits per heavy atom. The molecule has 1 amide bonds. The predicted octanol–water partition coefficient (Wildman–Crippen LogP) is 1.86. The number of amides is 1. The van der Waals surface area contributed by atoms with E-state index in [0.717, 1.165) is 51.0 Å². The third kappa shape index (κ3) is 6.58. The Balaban J connectivity index is 1.26. The van der Waals surface area contributed by atoms with Crippen molar-refractivity contribution < 1.29 is 19.5 Å². The van der Waals surface area contributed by atoms with Gasteiger partial charge in [0.05, 0.1) is 18.2 Å². The second kappa shape index (κ2) is 11.9. The number of carbonyl (C=O) groups is 1. The van der Waals surface area contributed by atoms with Crippen LogP contribution in [0.25, 0.3) is 6.08 Å². The van der Waals surface area contributed by atoms with Gasteiger partial charge < -0.3 is 14.7 Å². The molecule has 2 atom stereocenters. The summed E-state index contributed by atoms with van der Waals surface area (Å²) in [6, 6.07) is 10.0. The Hall–Kier alpha value is -2.85. The highest BCUT2D eigenvalue weighted by atomic mass is 16.8. The number of aromatic nitrogens is 2. The van der Waals surface area contributed by atoms with Crippen molar-refractivity contribution in [3.8, 4) is 0 Å². The molecule has 1 aromatic carbocycles. The molecule has 4 rings (SSSR count). The molecule has 176 valence electrons. The van der Waals surface area contributed by atoms with Crippen molar-refractivity contribution in [1.82, 2.24) is 20.3 Å². The van der Waals surface area contributed by atoms with Crippen LogP contribution in [0.4, 0.5) is 5.95 Å². The lowest BCUT2D eigenvalue weighted by molar-refractivity contribution is -0.186. The fraction of sp³-hybridized carbons (Fsp3) is 0.458. The first kappa shape index (κ1) is 23.3. The van der Waals surface area contributed by atoms with Crippen molar-refractivity contribution in [2.24, 2.45) is 0 Å². The van der Waals surface area contributed by atoms with E-state index in [2.05, 4.69) is 31.3 Å². The Morgan fingerprint density at radius 3 is 2.61 bits per heavy atom. The number of anilines is 1. The van der Waals surface area contributed by atoms with E-state index in [-0.39, 0.29) is 12.6 Å². The number of carbonyl (C=O) groups excluding carboxylic acids is 1. The van der Waals surface area contributed by atoms with E-state index < -0.39 is 12.2 Å². The van der Waals surface area contributed by atoms with Gasteiger partial charge in [-0.1, -0.05) is 42.5 Å². The number of nitrogens with zero attached hydrogens (tertiary/aromatic N) is 4. The SMILES string of the molecule is O=C(NOC1CCCCO1)c1cnc(N2CCN(C(/C=C/c3ccccc3)CO)CC2)nc1. The molecule has 2 saturated heterocycles. The van der Waals surface area contributed by atoms with Gasteiger partial charge >= 0.3 is 0 Å². The Labute approximate surface area is 194 Å². The molecule has 2 N–H and O–H groups in total. The summed E-state index contributed by atoms with van der Waals surface area (Å²) >= 11 is 0. The molecule has 0 saturated carbocycles. The number of hydroxylamine groups is 1. The van der Waals surface area contributed by atoms with Gasteiger partial charge in [-0.15, -0.1) is 0 Å². The Morgan fingerprint density at radius 2 is 1.94 bits per heavy atom. The molecular weight excluding hydrogens is 422 g/mol. The van der Waals surface area contributed by atoms with E-state index in [9.17, 15) is 9.90 Å². The predicted molar refractivity (Wildman–Crippen MR) is 124 cm³/mol. The highest BCUT2D eigenvalue weighted by molar-refractivity contribution is 5.92. The smallest absolute Gasteiger partial charge is 0.278 e. The number of aliphatic hydroxyl groups excluding tert-OH is 1. The van der Waals surface area contributed by atoms with E-state index in [4.69, 9.17) is 9.57 Å². The van der Waals surface area contributed by atoms with Gasteiger partial charge in [0.15, 0.2) is 6.29 Å². The number of aliphatic hydroxyl groups is 1. The number of hydrogen-bond acceptors (Lipinski definition) is 8. The summed E-state index contributed by atoms with van der Waals surface area (Å²) in [5.41, 5.74) is 3.87. The highest BCUT2D eigenvalue weighted by Gasteiger charge is 2.23. The standard InChI is InChI=1S/C24H31N5O4/c30-18-21(10-9-19-6-2-1-3-7-19)28-11-13-29(14-12-28)24-25-16-20(17-26-24)23(31)27-33-22-8-4-5-15-32-22/h1-3,6-7,9-10,16-17,21-22,30H,4-5,8,11-15,18H2,(H,27,31)/b10-9+. The number of hydrogen-bond donors (Lipinski definition) is 2. The molecule has 2 aliphatic rings. The quantitative estimate of drug-likeness (QED) is 0.585. The van der Waals surface area contributed by atoms with Crippen LogP contribution in [0.2, 0.25) is 0 Å². The Kier molecular flexibility index (Phi) is 8.37. The Bertz CT molecular complexity index is 895. The number of ether oxygens (including phenoxy) is 1. The van der Waals surface area contributed by atoms with Crippen LogP contribution in [-0.2, 0) is 9.57 Å². The highest BCUT2D eigenvalue weighted by Crippen LogP contribution is 2.15. The van der Waals surface area contributed by atoms with E-state index >= 15 is 0 Å². The summed E-state index contributed by atoms with van der Waals surface area (Å²) < 4.78 is 5.44. The molecule has 2 aliphatic heterocycles. The average Bonchev–Trinajstić information content (AvgIpc) is 2.89. The minimum absolute atomic E-state index is 0.0347. The van der Waals surface area contributed by atoms with Gasteiger partial charge in [0, 0.05) is 51.6 Å². The molecule has 2 unspecified atom stereocenters. The van der Waals surface area contributed by atoms with Crippen LogP contribution in [0.15, 0.2) is 48.8 Å². The van der Waals surface area contributed by atoms with E-state index in [0.29, 0.717) is 18.1 Å². The minimum atomic E-state index is -0.399. The molecular formula is C24H31N5O4. The maximum Gasteiger partial charge on any atom is 0.278 e. The molecule has 0 aliphatic carbocycles. The molecule has 2 fully saturated rings. The van der Waals surface area contributed by atoms with Crippen LogP contribution in [0.5, 0.6) is 0 Å². The molecule has 0 radical (unpaired) electrons. The summed E-state index contributed by atoms with van der Waals surface area (Å²) in [5.74, 6) is 0.194. The van der Waals surface area contributed by atoms with Crippen LogP contribution < -0.4 is 10.4 Å². The van der Waals surface area contributed by atoms with Crippen LogP contribution in [0, 0.1) is 0 Å². The van der Waals surface area contributed by atoms with E-state index in [1.165, 1.54) is 12.4 Å². The molecule has 1 aromatic heterocycles. The second-order valence-corrected chi connectivity index (χ2v) is 8.16. The second-order valence-electron chi connectivity index (χ2n) is 8.16. The fourth-order valence-electron chi connectivity index (χ4n) is 3.92. The average molecular weight is 454 g/mol. The maximum absolute atomic E-state index is 12.3. The number of benzene rings is 1. The third-order valence-electron chi connectivity index (χ3n) is 5.88. The van der Waals surface area contributed by atoms with Crippen molar-refractivity contribution in [2.75, 3.05) is 44.3 Å². The lowest BCUT2D eigenvalue weighted by Crippen LogP contribution is -2.51. The zero-order valence-corrected chi connectivity index (χ0v) is 18.7. The lowest BCUT2D eigenvalue weighted by Gasteiger charge is -2.37. The van der Waals surface area contributed by atoms with Crippen molar-refractivity contribution in [3.05, 3.63) is 59.9 Å². The van der Waals surface area contributed by atoms with Gasteiger partial charge in [0.1, 0.15) is 0 Å². The fourth-order valence-corrected chi connectivity index (χ4v) is 3.92. The van der Waals surface area contributed by atoms with Gasteiger partial charge in [-0.2, -0.15) is 0 Å². The molecule has 0 bridgehead atoms. The number of piperazine rings is 1. The van der Waals surface area contributed by atoms with Crippen molar-refractivity contribution in [3.63, 3.8) is 0 Å². The number of nitrogens with one attached hydrogen (secondary N) is 1. The van der Waals surface area contributed by atoms with Crippen molar-refractivity contribution in [1.29, 1.82) is 0 Å². The number of rotatable bonds is 8. The summed E-state index contributed by atoms with van der Waals surface area (Å²) in [6.45, 7) is 3.76. The van der Waals surface area contributed by atoms with Crippen molar-refractivity contribution >= 4 is 17.9 Å². The first-order valence-electron chi connectivity index (χ1n) is 11.5. The topological polar surface area (TPSA) is 100 Å². The molecule has 33 heavy (non-hydrogen) atoms. The van der Waals surface area contributed by atoms with Crippen LogP contribution in [0.3, 0.4) is 0 Å². The van der Waals surface area contributed by atoms with Crippen LogP contribution >= 0.6 is 0 Å². The third-order valence-corrected chi connectivity index (χ3v) is 5.88. The van der Waals surface area contributed by atoms with Gasteiger partial charge in [0.25, 0.3) is 5.91 Å². The van der Waals surface area contributed by atoms with Crippen LogP contribution in [0.1, 0.15) is 35.2 Å². The van der Waals surface area contributed by atoms with Gasteiger partial charge in [0.2, 0.25) is 5.95 Å². The summed E-state index contributed by atoms with van der Waals surface area (Å²) in [6.07, 6.45) is 9.52. The van der Waals surface area contributed by atoms with Crippen molar-refractivity contribution in [2.45, 2.75) is 31.6 Å². The molecule has 9 nitrogen and oxygen atoms in total. The van der Waals surface area contributed by atoms with Gasteiger partial charge in [-0.05, 0) is 18.4 Å². The largest absolute Gasteiger partial charge is 0.394 e. The summed E-state index contributed by atoms with van der Waals surface area (Å²) in [4.78, 5) is 30.7. The molecule has 9 heteroatoms. The zero-order chi connectivity index (χ0) is 22.9. The first-order chi connectivity index (χ1) is 16.2. The first-order valence-corrected chi connectivity index (χ1v) is 11.5. The zero-order valence-electron chi connectivity index (χ0n) is 18.7.